The summed E-state index contributed by atoms with van der Waals surface area (Å²) >= 11 is 1.51. The van der Waals surface area contributed by atoms with Crippen molar-refractivity contribution in [3.8, 4) is 0 Å². The highest BCUT2D eigenvalue weighted by Crippen LogP contribution is 2.22. The second-order valence-corrected chi connectivity index (χ2v) is 4.68. The van der Waals surface area contributed by atoms with Crippen LogP contribution in [-0.4, -0.2) is 20.8 Å². The van der Waals surface area contributed by atoms with Crippen molar-refractivity contribution in [2.24, 2.45) is 7.05 Å². The fraction of sp³-hybridized carbons (Fsp3) is 0.300. The summed E-state index contributed by atoms with van der Waals surface area (Å²) in [5.41, 5.74) is 1.68. The Bertz CT molecular complexity index is 493. The Morgan fingerprint density at radius 2 is 2.20 bits per heavy atom. The molecule has 2 aromatic rings. The van der Waals surface area contributed by atoms with Gasteiger partial charge in [-0.2, -0.15) is 0 Å². The van der Waals surface area contributed by atoms with Crippen molar-refractivity contribution >= 4 is 17.1 Å². The molecule has 0 saturated heterocycles. The van der Waals surface area contributed by atoms with Gasteiger partial charge in [0.05, 0.1) is 11.1 Å². The fourth-order valence-electron chi connectivity index (χ4n) is 1.31. The van der Waals surface area contributed by atoms with Crippen LogP contribution < -0.4 is 0 Å². The van der Waals surface area contributed by atoms with E-state index in [1.807, 2.05) is 19.9 Å². The maximum absolute atomic E-state index is 12.0. The SMILES string of the molecule is Cc1cc(C(=O)c2cnnn2C)sc1C. The molecule has 0 bridgehead atoms. The molecule has 0 aliphatic carbocycles. The van der Waals surface area contributed by atoms with Crippen LogP contribution in [0.1, 0.15) is 25.8 Å². The summed E-state index contributed by atoms with van der Waals surface area (Å²) in [6.07, 6.45) is 1.49. The predicted molar refractivity (Wildman–Crippen MR) is 58.2 cm³/mol. The summed E-state index contributed by atoms with van der Waals surface area (Å²) in [5.74, 6) is -0.0105. The summed E-state index contributed by atoms with van der Waals surface area (Å²) in [7, 11) is 1.72. The van der Waals surface area contributed by atoms with E-state index in [4.69, 9.17) is 0 Å². The number of ketones is 1. The van der Waals surface area contributed by atoms with Crippen molar-refractivity contribution in [2.45, 2.75) is 13.8 Å². The highest BCUT2D eigenvalue weighted by atomic mass is 32.1. The van der Waals surface area contributed by atoms with E-state index in [0.29, 0.717) is 5.69 Å². The van der Waals surface area contributed by atoms with Gasteiger partial charge < -0.3 is 0 Å². The van der Waals surface area contributed by atoms with Crippen LogP contribution in [0, 0.1) is 13.8 Å². The molecule has 0 aliphatic heterocycles. The van der Waals surface area contributed by atoms with Gasteiger partial charge in [-0.15, -0.1) is 16.4 Å². The van der Waals surface area contributed by atoms with Gasteiger partial charge in [0, 0.05) is 11.9 Å². The van der Waals surface area contributed by atoms with Crippen LogP contribution in [0.3, 0.4) is 0 Å². The normalized spacial score (nSPS) is 10.6. The van der Waals surface area contributed by atoms with Crippen LogP contribution in [0.5, 0.6) is 0 Å². The van der Waals surface area contributed by atoms with Gasteiger partial charge in [0.15, 0.2) is 0 Å². The average Bonchev–Trinajstić information content (AvgIpc) is 2.74. The largest absolute Gasteiger partial charge is 0.286 e. The monoisotopic (exact) mass is 221 g/mol. The van der Waals surface area contributed by atoms with Crippen molar-refractivity contribution in [3.05, 3.63) is 33.3 Å². The smallest absolute Gasteiger partial charge is 0.222 e. The Labute approximate surface area is 91.5 Å². The van der Waals surface area contributed by atoms with E-state index in [9.17, 15) is 4.79 Å². The molecule has 78 valence electrons. The van der Waals surface area contributed by atoms with Crippen molar-refractivity contribution in [2.75, 3.05) is 0 Å². The van der Waals surface area contributed by atoms with Gasteiger partial charge in [-0.25, -0.2) is 4.68 Å². The predicted octanol–water partition coefficient (Wildman–Crippen LogP) is 1.72. The number of carbonyl (C=O) groups is 1. The number of aryl methyl sites for hydroxylation is 3. The van der Waals surface area contributed by atoms with Crippen LogP contribution in [0.25, 0.3) is 0 Å². The number of carbonyl (C=O) groups excluding carboxylic acids is 1. The molecule has 0 saturated carbocycles. The van der Waals surface area contributed by atoms with E-state index in [1.165, 1.54) is 27.1 Å². The van der Waals surface area contributed by atoms with Gasteiger partial charge >= 0.3 is 0 Å². The first-order chi connectivity index (χ1) is 7.09. The molecule has 5 heteroatoms. The lowest BCUT2D eigenvalue weighted by Crippen LogP contribution is -2.06. The molecule has 15 heavy (non-hydrogen) atoms. The molecule has 0 radical (unpaired) electrons. The molecule has 0 aromatic carbocycles. The molecule has 0 aliphatic rings. The van der Waals surface area contributed by atoms with Crippen LogP contribution in [0.4, 0.5) is 0 Å². The van der Waals surface area contributed by atoms with Gasteiger partial charge in [-0.05, 0) is 25.5 Å². The maximum Gasteiger partial charge on any atom is 0.222 e. The van der Waals surface area contributed by atoms with E-state index < -0.39 is 0 Å². The summed E-state index contributed by atoms with van der Waals surface area (Å²) in [6, 6.07) is 1.91. The molecule has 0 atom stereocenters. The Balaban J connectivity index is 2.41. The van der Waals surface area contributed by atoms with Gasteiger partial charge in [0.25, 0.3) is 0 Å². The second-order valence-electron chi connectivity index (χ2n) is 3.42. The van der Waals surface area contributed by atoms with Crippen molar-refractivity contribution < 1.29 is 4.79 Å². The fourth-order valence-corrected chi connectivity index (χ4v) is 2.29. The minimum atomic E-state index is -0.0105. The van der Waals surface area contributed by atoms with Crippen LogP contribution in [0.15, 0.2) is 12.3 Å². The second kappa shape index (κ2) is 3.58. The lowest BCUT2D eigenvalue weighted by molar-refractivity contribution is 0.103. The van der Waals surface area contributed by atoms with E-state index in [0.717, 1.165) is 10.4 Å². The molecule has 0 unspecified atom stereocenters. The lowest BCUT2D eigenvalue weighted by Gasteiger charge is -1.95. The summed E-state index contributed by atoms with van der Waals surface area (Å²) < 4.78 is 1.49. The van der Waals surface area contributed by atoms with E-state index in [2.05, 4.69) is 10.3 Å². The van der Waals surface area contributed by atoms with Crippen LogP contribution >= 0.6 is 11.3 Å². The summed E-state index contributed by atoms with van der Waals surface area (Å²) in [4.78, 5) is 13.9. The van der Waals surface area contributed by atoms with Crippen LogP contribution in [-0.2, 0) is 7.05 Å². The number of thiophene rings is 1. The molecule has 4 nitrogen and oxygen atoms in total. The maximum atomic E-state index is 12.0. The molecule has 2 heterocycles. The molecular weight excluding hydrogens is 210 g/mol. The molecule has 0 amide bonds. The van der Waals surface area contributed by atoms with E-state index >= 15 is 0 Å². The standard InChI is InChI=1S/C10H11N3OS/c1-6-4-9(15-7(6)2)10(14)8-5-11-12-13(8)3/h4-5H,1-3H3. The minimum Gasteiger partial charge on any atom is -0.286 e. The first kappa shape index (κ1) is 10.0. The summed E-state index contributed by atoms with van der Waals surface area (Å²) in [5, 5.41) is 7.44. The Morgan fingerprint density at radius 1 is 1.47 bits per heavy atom. The van der Waals surface area contributed by atoms with Crippen molar-refractivity contribution in [1.82, 2.24) is 15.0 Å². The third-order valence-electron chi connectivity index (χ3n) is 2.34. The Kier molecular flexibility index (Phi) is 2.40. The Morgan fingerprint density at radius 3 is 2.67 bits per heavy atom. The van der Waals surface area contributed by atoms with Crippen molar-refractivity contribution in [1.29, 1.82) is 0 Å². The topological polar surface area (TPSA) is 47.8 Å². The first-order valence-corrected chi connectivity index (χ1v) is 5.37. The van der Waals surface area contributed by atoms with Gasteiger partial charge in [-0.3, -0.25) is 4.79 Å². The quantitative estimate of drug-likeness (QED) is 0.725. The van der Waals surface area contributed by atoms with Gasteiger partial charge in [-0.1, -0.05) is 5.21 Å². The van der Waals surface area contributed by atoms with Gasteiger partial charge in [0.1, 0.15) is 5.69 Å². The number of aromatic nitrogens is 3. The van der Waals surface area contributed by atoms with Gasteiger partial charge in [0.2, 0.25) is 5.78 Å². The van der Waals surface area contributed by atoms with E-state index in [-0.39, 0.29) is 5.78 Å². The molecule has 0 N–H and O–H groups in total. The zero-order valence-corrected chi connectivity index (χ0v) is 9.63. The molecular formula is C10H11N3OS. The molecule has 0 spiro atoms. The highest BCUT2D eigenvalue weighted by Gasteiger charge is 2.16. The minimum absolute atomic E-state index is 0.0105. The molecule has 0 fully saturated rings. The zero-order valence-electron chi connectivity index (χ0n) is 8.81. The summed E-state index contributed by atoms with van der Waals surface area (Å²) in [6.45, 7) is 4.02. The lowest BCUT2D eigenvalue weighted by atomic mass is 10.2. The average molecular weight is 221 g/mol. The van der Waals surface area contributed by atoms with E-state index in [1.54, 1.807) is 7.05 Å². The zero-order chi connectivity index (χ0) is 11.0. The van der Waals surface area contributed by atoms with Crippen molar-refractivity contribution in [3.63, 3.8) is 0 Å². The third kappa shape index (κ3) is 1.70. The number of rotatable bonds is 2. The highest BCUT2D eigenvalue weighted by molar-refractivity contribution is 7.14. The van der Waals surface area contributed by atoms with Crippen LogP contribution in [0.2, 0.25) is 0 Å². The molecule has 2 aromatic heterocycles. The molecule has 2 rings (SSSR count). The first-order valence-electron chi connectivity index (χ1n) is 4.56. The Hall–Kier alpha value is -1.49. The number of hydrogen-bond acceptors (Lipinski definition) is 4. The number of hydrogen-bond donors (Lipinski definition) is 0. The number of nitrogens with zero attached hydrogens (tertiary/aromatic N) is 3. The third-order valence-corrected chi connectivity index (χ3v) is 3.49.